The summed E-state index contributed by atoms with van der Waals surface area (Å²) in [5.74, 6) is 1.71. The zero-order valence-electron chi connectivity index (χ0n) is 31.5. The zero-order chi connectivity index (χ0) is 33.3. The van der Waals surface area contributed by atoms with Gasteiger partial charge < -0.3 is 14.0 Å². The van der Waals surface area contributed by atoms with Crippen molar-refractivity contribution in [3.05, 3.63) is 34.9 Å². The van der Waals surface area contributed by atoms with Gasteiger partial charge in [-0.15, -0.1) is 0 Å². The van der Waals surface area contributed by atoms with Crippen LogP contribution < -0.4 is 0 Å². The summed E-state index contributed by atoms with van der Waals surface area (Å²) in [5.41, 5.74) is 4.68. The van der Waals surface area contributed by atoms with Crippen molar-refractivity contribution in [3.8, 4) is 0 Å². The normalized spacial score (nSPS) is 34.0. The third-order valence-electron chi connectivity index (χ3n) is 13.7. The van der Waals surface area contributed by atoms with Gasteiger partial charge in [0, 0.05) is 5.41 Å². The van der Waals surface area contributed by atoms with E-state index in [1.807, 2.05) is 13.8 Å². The molecule has 252 valence electrons. The molecule has 3 nitrogen and oxygen atoms in total. The standard InChI is InChI=1S/C39H70O3Si2/c1-27(17-16-23-37(8,9)40)31-20-21-32-30-19-18-28-25-29(41-43(12,13)35(2,3)4)26-34(42-44(14,15)36(5,6)7)39(28,11)33(30)22-24-38(31,32)10/h18-20,27,29,32-34,40H,16-17,21-26H2,1-15H3/t27-,29+,32-,33-,34-,38+,39-/m0/s1. The molecule has 0 unspecified atom stereocenters. The Morgan fingerprint density at radius 3 is 2.07 bits per heavy atom. The summed E-state index contributed by atoms with van der Waals surface area (Å²) in [5, 5.41) is 10.7. The van der Waals surface area contributed by atoms with E-state index in [2.05, 4.69) is 107 Å². The summed E-state index contributed by atoms with van der Waals surface area (Å²) in [4.78, 5) is 0. The van der Waals surface area contributed by atoms with Crippen molar-refractivity contribution in [2.24, 2.45) is 28.6 Å². The van der Waals surface area contributed by atoms with Gasteiger partial charge in [0.1, 0.15) is 0 Å². The highest BCUT2D eigenvalue weighted by molar-refractivity contribution is 6.74. The molecule has 0 spiro atoms. The molecule has 0 amide bonds. The molecule has 1 N–H and O–H groups in total. The summed E-state index contributed by atoms with van der Waals surface area (Å²) >= 11 is 0. The predicted molar refractivity (Wildman–Crippen MR) is 194 cm³/mol. The molecule has 4 aliphatic carbocycles. The Labute approximate surface area is 275 Å². The first-order valence-electron chi connectivity index (χ1n) is 18.0. The summed E-state index contributed by atoms with van der Waals surface area (Å²) in [6.45, 7) is 35.5. The summed E-state index contributed by atoms with van der Waals surface area (Å²) in [6, 6.07) is 0. The highest BCUT2D eigenvalue weighted by Gasteiger charge is 2.59. The van der Waals surface area contributed by atoms with E-state index in [1.165, 1.54) is 25.7 Å². The lowest BCUT2D eigenvalue weighted by molar-refractivity contribution is -0.0389. The van der Waals surface area contributed by atoms with Gasteiger partial charge in [-0.05, 0) is 118 Å². The number of allylic oxidation sites excluding steroid dienone is 5. The van der Waals surface area contributed by atoms with Crippen LogP contribution in [-0.2, 0) is 8.85 Å². The molecule has 0 bridgehead atoms. The van der Waals surface area contributed by atoms with Crippen LogP contribution in [0.2, 0.25) is 36.3 Å². The monoisotopic (exact) mass is 642 g/mol. The van der Waals surface area contributed by atoms with Gasteiger partial charge in [-0.2, -0.15) is 0 Å². The van der Waals surface area contributed by atoms with E-state index < -0.39 is 22.2 Å². The minimum atomic E-state index is -2.01. The first-order valence-corrected chi connectivity index (χ1v) is 23.8. The maximum atomic E-state index is 10.3. The predicted octanol–water partition coefficient (Wildman–Crippen LogP) is 11.4. The lowest BCUT2D eigenvalue weighted by Gasteiger charge is -2.59. The van der Waals surface area contributed by atoms with Crippen molar-refractivity contribution in [2.45, 2.75) is 182 Å². The zero-order valence-corrected chi connectivity index (χ0v) is 33.5. The van der Waals surface area contributed by atoms with Crippen LogP contribution >= 0.6 is 0 Å². The van der Waals surface area contributed by atoms with Crippen LogP contribution in [0.1, 0.15) is 128 Å². The molecule has 44 heavy (non-hydrogen) atoms. The van der Waals surface area contributed by atoms with Gasteiger partial charge in [0.25, 0.3) is 0 Å². The molecular weight excluding hydrogens is 573 g/mol. The van der Waals surface area contributed by atoms with Crippen molar-refractivity contribution >= 4 is 16.6 Å². The van der Waals surface area contributed by atoms with Crippen LogP contribution in [0.4, 0.5) is 0 Å². The Bertz CT molecular complexity index is 1160. The van der Waals surface area contributed by atoms with Crippen molar-refractivity contribution in [2.75, 3.05) is 0 Å². The molecule has 0 saturated heterocycles. The van der Waals surface area contributed by atoms with Gasteiger partial charge in [-0.25, -0.2) is 0 Å². The Balaban J connectivity index is 1.65. The van der Waals surface area contributed by atoms with Crippen molar-refractivity contribution in [1.29, 1.82) is 0 Å². The molecule has 2 fully saturated rings. The minimum absolute atomic E-state index is 0.0231. The molecular formula is C39H70O3Si2. The van der Waals surface area contributed by atoms with Gasteiger partial charge in [-0.3, -0.25) is 0 Å². The van der Waals surface area contributed by atoms with Crippen LogP contribution in [0.15, 0.2) is 34.9 Å². The second-order valence-electron chi connectivity index (χ2n) is 19.5. The Hall–Kier alpha value is -0.466. The van der Waals surface area contributed by atoms with Gasteiger partial charge in [0.15, 0.2) is 16.6 Å². The first-order chi connectivity index (χ1) is 19.8. The lowest BCUT2D eigenvalue weighted by atomic mass is 9.49. The van der Waals surface area contributed by atoms with Crippen molar-refractivity contribution < 1.29 is 14.0 Å². The molecule has 4 aliphatic rings. The van der Waals surface area contributed by atoms with Crippen LogP contribution in [0.25, 0.3) is 0 Å². The van der Waals surface area contributed by atoms with E-state index in [0.29, 0.717) is 17.8 Å². The number of aliphatic hydroxyl groups is 1. The molecule has 0 aromatic heterocycles. The third kappa shape index (κ3) is 6.75. The Morgan fingerprint density at radius 2 is 1.50 bits per heavy atom. The summed E-state index contributed by atoms with van der Waals surface area (Å²) in [6.07, 6.45) is 17.0. The lowest BCUT2D eigenvalue weighted by Crippen LogP contribution is -2.58. The molecule has 0 aliphatic heterocycles. The number of rotatable bonds is 9. The maximum absolute atomic E-state index is 10.3. The van der Waals surface area contributed by atoms with Gasteiger partial charge in [0.05, 0.1) is 17.8 Å². The van der Waals surface area contributed by atoms with Crippen molar-refractivity contribution in [1.82, 2.24) is 0 Å². The number of hydrogen-bond donors (Lipinski definition) is 1. The average Bonchev–Trinajstić information content (AvgIpc) is 3.19. The second kappa shape index (κ2) is 11.9. The quantitative estimate of drug-likeness (QED) is 0.201. The highest BCUT2D eigenvalue weighted by Crippen LogP contribution is 2.65. The van der Waals surface area contributed by atoms with E-state index in [4.69, 9.17) is 8.85 Å². The molecule has 0 radical (unpaired) electrons. The third-order valence-corrected chi connectivity index (χ3v) is 22.7. The van der Waals surface area contributed by atoms with E-state index in [-0.39, 0.29) is 33.1 Å². The Kier molecular flexibility index (Phi) is 9.83. The fourth-order valence-corrected chi connectivity index (χ4v) is 11.5. The average molecular weight is 643 g/mol. The number of hydrogen-bond acceptors (Lipinski definition) is 3. The van der Waals surface area contributed by atoms with Crippen molar-refractivity contribution in [3.63, 3.8) is 0 Å². The fraction of sp³-hybridized carbons (Fsp3) is 0.846. The van der Waals surface area contributed by atoms with Crippen LogP contribution in [0.3, 0.4) is 0 Å². The molecule has 0 aromatic rings. The largest absolute Gasteiger partial charge is 0.414 e. The SMILES string of the molecule is C[C@@H](CCCC(C)(C)O)C1=CC[C@H]2C3=CC=C4C[C@@H](O[Si](C)(C)C(C)(C)C)C[C@H](O[Si](C)(C)C(C)(C)C)[C@]4(C)[C@H]3CC[C@]12C. The maximum Gasteiger partial charge on any atom is 0.192 e. The molecule has 2 saturated carbocycles. The molecule has 4 rings (SSSR count). The van der Waals surface area contributed by atoms with Gasteiger partial charge in [-0.1, -0.05) is 104 Å². The number of fused-ring (bicyclic) bond motifs is 5. The molecule has 0 aromatic carbocycles. The molecule has 5 heteroatoms. The topological polar surface area (TPSA) is 38.7 Å². The second-order valence-corrected chi connectivity index (χ2v) is 29.0. The van der Waals surface area contributed by atoms with E-state index >= 15 is 0 Å². The highest BCUT2D eigenvalue weighted by atomic mass is 28.4. The minimum Gasteiger partial charge on any atom is -0.414 e. The van der Waals surface area contributed by atoms with Gasteiger partial charge >= 0.3 is 0 Å². The van der Waals surface area contributed by atoms with Gasteiger partial charge in [0.2, 0.25) is 0 Å². The van der Waals surface area contributed by atoms with E-state index in [9.17, 15) is 5.11 Å². The Morgan fingerprint density at radius 1 is 0.909 bits per heavy atom. The van der Waals surface area contributed by atoms with Crippen LogP contribution in [0.5, 0.6) is 0 Å². The smallest absolute Gasteiger partial charge is 0.192 e. The van der Waals surface area contributed by atoms with Crippen LogP contribution in [0, 0.1) is 28.6 Å². The summed E-state index contributed by atoms with van der Waals surface area (Å²) < 4.78 is 14.7. The fourth-order valence-electron chi connectivity index (χ4n) is 8.77. The van der Waals surface area contributed by atoms with E-state index in [1.54, 1.807) is 16.7 Å². The van der Waals surface area contributed by atoms with E-state index in [0.717, 1.165) is 25.7 Å². The molecule has 7 atom stereocenters. The first kappa shape index (κ1) is 36.4. The summed E-state index contributed by atoms with van der Waals surface area (Å²) in [7, 11) is -3.92. The molecule has 0 heterocycles. The van der Waals surface area contributed by atoms with Crippen LogP contribution in [-0.4, -0.2) is 39.6 Å².